The number of amides is 1. The maximum atomic E-state index is 14.3. The van der Waals surface area contributed by atoms with E-state index in [1.165, 1.54) is 4.90 Å². The number of unbranched alkanes of at least 4 members (excludes halogenated alkanes) is 3. The molecular formula is C24H28F3N3O. The van der Waals surface area contributed by atoms with Crippen LogP contribution in [0.25, 0.3) is 11.0 Å². The monoisotopic (exact) mass is 431 g/mol. The normalized spacial score (nSPS) is 11.3. The van der Waals surface area contributed by atoms with Crippen LogP contribution in [0.5, 0.6) is 0 Å². The van der Waals surface area contributed by atoms with Crippen LogP contribution in [0.2, 0.25) is 0 Å². The summed E-state index contributed by atoms with van der Waals surface area (Å²) in [6.07, 6.45) is 4.40. The molecule has 3 aromatic rings. The van der Waals surface area contributed by atoms with Crippen LogP contribution in [0.1, 0.15) is 62.1 Å². The van der Waals surface area contributed by atoms with Gasteiger partial charge in [-0.3, -0.25) is 4.79 Å². The highest BCUT2D eigenvalue weighted by atomic mass is 19.2. The number of imidazole rings is 1. The quantitative estimate of drug-likeness (QED) is 0.288. The third-order valence-electron chi connectivity index (χ3n) is 5.38. The maximum absolute atomic E-state index is 14.3. The first-order valence-electron chi connectivity index (χ1n) is 10.8. The summed E-state index contributed by atoms with van der Waals surface area (Å²) in [6, 6.07) is 9.16. The highest BCUT2D eigenvalue weighted by Crippen LogP contribution is 2.22. The Bertz CT molecular complexity index is 1050. The zero-order chi connectivity index (χ0) is 22.4. The minimum Gasteiger partial charge on any atom is -0.331 e. The van der Waals surface area contributed by atoms with Crippen molar-refractivity contribution in [2.24, 2.45) is 0 Å². The van der Waals surface area contributed by atoms with Crippen LogP contribution in [0.4, 0.5) is 13.2 Å². The zero-order valence-electron chi connectivity index (χ0n) is 18.0. The van der Waals surface area contributed by atoms with E-state index in [2.05, 4.69) is 16.5 Å². The molecule has 0 aliphatic heterocycles. The third-order valence-corrected chi connectivity index (χ3v) is 5.38. The summed E-state index contributed by atoms with van der Waals surface area (Å²) >= 11 is 0. The fraction of sp³-hybridized carbons (Fsp3) is 0.417. The summed E-state index contributed by atoms with van der Waals surface area (Å²) in [6.45, 7) is 5.25. The van der Waals surface area contributed by atoms with Gasteiger partial charge < -0.3 is 9.47 Å². The number of aromatic nitrogens is 2. The Labute approximate surface area is 180 Å². The van der Waals surface area contributed by atoms with Crippen molar-refractivity contribution in [3.8, 4) is 0 Å². The molecule has 0 atom stereocenters. The van der Waals surface area contributed by atoms with E-state index in [1.54, 1.807) is 0 Å². The first-order chi connectivity index (χ1) is 15.0. The molecule has 166 valence electrons. The average Bonchev–Trinajstić information content (AvgIpc) is 3.11. The van der Waals surface area contributed by atoms with Crippen molar-refractivity contribution < 1.29 is 18.0 Å². The SMILES string of the molecule is CCCCCN(Cc1nc2ccccc2n1CCCC)C(=O)c1c(F)ccc(F)c1F. The number of aryl methyl sites for hydroxylation is 1. The molecule has 0 N–H and O–H groups in total. The lowest BCUT2D eigenvalue weighted by Gasteiger charge is -2.23. The van der Waals surface area contributed by atoms with Gasteiger partial charge >= 0.3 is 0 Å². The van der Waals surface area contributed by atoms with E-state index in [-0.39, 0.29) is 6.54 Å². The van der Waals surface area contributed by atoms with E-state index in [0.717, 1.165) is 49.3 Å². The van der Waals surface area contributed by atoms with Crippen LogP contribution in [-0.4, -0.2) is 26.9 Å². The van der Waals surface area contributed by atoms with Crippen LogP contribution in [-0.2, 0) is 13.1 Å². The van der Waals surface area contributed by atoms with E-state index < -0.39 is 28.9 Å². The molecule has 2 aromatic carbocycles. The van der Waals surface area contributed by atoms with Crippen molar-refractivity contribution in [1.82, 2.24) is 14.5 Å². The number of benzene rings is 2. The highest BCUT2D eigenvalue weighted by Gasteiger charge is 2.27. The predicted molar refractivity (Wildman–Crippen MR) is 115 cm³/mol. The second kappa shape index (κ2) is 10.5. The largest absolute Gasteiger partial charge is 0.331 e. The van der Waals surface area contributed by atoms with Gasteiger partial charge in [-0.15, -0.1) is 0 Å². The topological polar surface area (TPSA) is 38.1 Å². The standard InChI is InChI=1S/C24H28F3N3O/c1-3-5-9-14-29(24(31)22-17(25)12-13-18(26)23(22)27)16-21-28-19-10-7-8-11-20(19)30(21)15-6-4-2/h7-8,10-13H,3-6,9,14-16H2,1-2H3. The van der Waals surface area contributed by atoms with Crippen molar-refractivity contribution in [1.29, 1.82) is 0 Å². The number of nitrogens with zero attached hydrogens (tertiary/aromatic N) is 3. The first-order valence-corrected chi connectivity index (χ1v) is 10.8. The Balaban J connectivity index is 1.99. The van der Waals surface area contributed by atoms with Crippen LogP contribution in [0.15, 0.2) is 36.4 Å². The molecule has 1 amide bonds. The van der Waals surface area contributed by atoms with Gasteiger partial charge in [-0.2, -0.15) is 0 Å². The van der Waals surface area contributed by atoms with Gasteiger partial charge in [0.05, 0.1) is 17.6 Å². The van der Waals surface area contributed by atoms with Crippen molar-refractivity contribution >= 4 is 16.9 Å². The van der Waals surface area contributed by atoms with Crippen LogP contribution < -0.4 is 0 Å². The van der Waals surface area contributed by atoms with Gasteiger partial charge in [-0.1, -0.05) is 45.2 Å². The molecule has 3 rings (SSSR count). The van der Waals surface area contributed by atoms with Gasteiger partial charge in [0.15, 0.2) is 11.6 Å². The number of carbonyl (C=O) groups is 1. The van der Waals surface area contributed by atoms with Crippen molar-refractivity contribution in [3.05, 3.63) is 65.2 Å². The molecule has 0 fully saturated rings. The molecule has 0 spiro atoms. The molecule has 0 unspecified atom stereocenters. The molecular weight excluding hydrogens is 403 g/mol. The Morgan fingerprint density at radius 3 is 2.42 bits per heavy atom. The molecule has 0 radical (unpaired) electrons. The Hall–Kier alpha value is -2.83. The van der Waals surface area contributed by atoms with Crippen LogP contribution in [0.3, 0.4) is 0 Å². The maximum Gasteiger partial charge on any atom is 0.260 e. The fourth-order valence-electron chi connectivity index (χ4n) is 3.67. The van der Waals surface area contributed by atoms with E-state index >= 15 is 0 Å². The van der Waals surface area contributed by atoms with Crippen molar-refractivity contribution in [2.75, 3.05) is 6.54 Å². The lowest BCUT2D eigenvalue weighted by Crippen LogP contribution is -2.34. The smallest absolute Gasteiger partial charge is 0.260 e. The molecule has 4 nitrogen and oxygen atoms in total. The van der Waals surface area contributed by atoms with Crippen LogP contribution >= 0.6 is 0 Å². The number of rotatable bonds is 10. The Kier molecular flexibility index (Phi) is 7.71. The molecule has 31 heavy (non-hydrogen) atoms. The summed E-state index contributed by atoms with van der Waals surface area (Å²) in [5.74, 6) is -3.97. The fourth-order valence-corrected chi connectivity index (χ4v) is 3.67. The van der Waals surface area contributed by atoms with Gasteiger partial charge in [0.25, 0.3) is 5.91 Å². The molecule has 0 saturated heterocycles. The molecule has 1 aromatic heterocycles. The zero-order valence-corrected chi connectivity index (χ0v) is 18.0. The van der Waals surface area contributed by atoms with Crippen molar-refractivity contribution in [2.45, 2.75) is 59.0 Å². The second-order valence-electron chi connectivity index (χ2n) is 7.67. The first kappa shape index (κ1) is 22.8. The average molecular weight is 432 g/mol. The Morgan fingerprint density at radius 2 is 1.68 bits per heavy atom. The number of hydrogen-bond donors (Lipinski definition) is 0. The number of hydrogen-bond acceptors (Lipinski definition) is 2. The minimum atomic E-state index is -1.45. The van der Waals surface area contributed by atoms with E-state index in [9.17, 15) is 18.0 Å². The molecule has 0 aliphatic carbocycles. The minimum absolute atomic E-state index is 0.0936. The van der Waals surface area contributed by atoms with E-state index in [1.807, 2.05) is 31.2 Å². The van der Waals surface area contributed by atoms with Crippen LogP contribution in [0, 0.1) is 17.5 Å². The molecule has 0 aliphatic rings. The van der Waals surface area contributed by atoms with Gasteiger partial charge in [0.1, 0.15) is 17.2 Å². The van der Waals surface area contributed by atoms with E-state index in [0.29, 0.717) is 24.9 Å². The molecule has 0 bridgehead atoms. The summed E-state index contributed by atoms with van der Waals surface area (Å²) < 4.78 is 44.4. The third kappa shape index (κ3) is 5.09. The van der Waals surface area contributed by atoms with Crippen molar-refractivity contribution in [3.63, 3.8) is 0 Å². The molecule has 0 saturated carbocycles. The predicted octanol–water partition coefficient (Wildman–Crippen LogP) is 6.09. The summed E-state index contributed by atoms with van der Waals surface area (Å²) in [7, 11) is 0. The summed E-state index contributed by atoms with van der Waals surface area (Å²) in [5.41, 5.74) is 0.903. The lowest BCUT2D eigenvalue weighted by atomic mass is 10.1. The highest BCUT2D eigenvalue weighted by molar-refractivity contribution is 5.94. The number of fused-ring (bicyclic) bond motifs is 1. The van der Waals surface area contributed by atoms with Gasteiger partial charge in [-0.25, -0.2) is 18.2 Å². The van der Waals surface area contributed by atoms with E-state index in [4.69, 9.17) is 0 Å². The molecule has 1 heterocycles. The summed E-state index contributed by atoms with van der Waals surface area (Å²) in [4.78, 5) is 19.2. The lowest BCUT2D eigenvalue weighted by molar-refractivity contribution is 0.0722. The summed E-state index contributed by atoms with van der Waals surface area (Å²) in [5, 5.41) is 0. The van der Waals surface area contributed by atoms with Gasteiger partial charge in [0, 0.05) is 13.1 Å². The number of halogens is 3. The van der Waals surface area contributed by atoms with Gasteiger partial charge in [0.2, 0.25) is 0 Å². The second-order valence-corrected chi connectivity index (χ2v) is 7.67. The number of carbonyl (C=O) groups excluding carboxylic acids is 1. The number of para-hydroxylation sites is 2. The Morgan fingerprint density at radius 1 is 0.968 bits per heavy atom. The van der Waals surface area contributed by atoms with Gasteiger partial charge in [-0.05, 0) is 37.1 Å². The molecule has 7 heteroatoms.